The van der Waals surface area contributed by atoms with Crippen LogP contribution in [0.5, 0.6) is 5.75 Å². The molecule has 0 unspecified atom stereocenters. The minimum Gasteiger partial charge on any atom is -0.506 e. The van der Waals surface area contributed by atoms with E-state index in [-0.39, 0.29) is 33.3 Å². The Hall–Kier alpha value is -1.37. The monoisotopic (exact) mass is 375 g/mol. The van der Waals surface area contributed by atoms with Crippen molar-refractivity contribution in [3.05, 3.63) is 47.0 Å². The first kappa shape index (κ1) is 16.7. The maximum absolute atomic E-state index is 11.1. The molecule has 4 N–H and O–H groups in total. The van der Waals surface area contributed by atoms with E-state index in [2.05, 4.69) is 0 Å². The van der Waals surface area contributed by atoms with Gasteiger partial charge in [-0.3, -0.25) is 0 Å². The molecule has 0 radical (unpaired) electrons. The second-order valence-electron chi connectivity index (χ2n) is 3.74. The summed E-state index contributed by atoms with van der Waals surface area (Å²) < 4.78 is 0. The van der Waals surface area contributed by atoms with E-state index >= 15 is 0 Å². The Morgan fingerprint density at radius 1 is 1.20 bits per heavy atom. The van der Waals surface area contributed by atoms with E-state index in [9.17, 15) is 9.90 Å². The molecule has 0 bridgehead atoms. The van der Waals surface area contributed by atoms with Gasteiger partial charge in [0.1, 0.15) is 5.75 Å². The number of carbonyl (C=O) groups is 1. The SMILES string of the molecule is Br.Nc1cc(Cl)c(O)cc1Sc1ccccc1C(=O)O. The number of phenols is 1. The molecular weight excluding hydrogens is 366 g/mol. The van der Waals surface area contributed by atoms with Crippen molar-refractivity contribution in [1.82, 2.24) is 0 Å². The number of carboxylic acid groups (broad SMARTS) is 1. The third-order valence-corrected chi connectivity index (χ3v) is 3.87. The molecule has 7 heteroatoms. The number of benzene rings is 2. The standard InChI is InChI=1S/C13H10ClNO3S.BrH/c14-8-5-9(15)12(6-10(8)16)19-11-4-2-1-3-7(11)13(17)18;/h1-6,16H,15H2,(H,17,18);1H. The Morgan fingerprint density at radius 3 is 2.50 bits per heavy atom. The van der Waals surface area contributed by atoms with Gasteiger partial charge in [0.05, 0.1) is 10.6 Å². The second-order valence-corrected chi connectivity index (χ2v) is 5.24. The zero-order valence-electron chi connectivity index (χ0n) is 10.0. The molecule has 20 heavy (non-hydrogen) atoms. The average molecular weight is 377 g/mol. The molecule has 0 amide bonds. The van der Waals surface area contributed by atoms with E-state index in [4.69, 9.17) is 22.4 Å². The lowest BCUT2D eigenvalue weighted by Crippen LogP contribution is -1.98. The van der Waals surface area contributed by atoms with Crippen LogP contribution in [0.25, 0.3) is 0 Å². The van der Waals surface area contributed by atoms with Gasteiger partial charge in [-0.15, -0.1) is 17.0 Å². The van der Waals surface area contributed by atoms with Crippen molar-refractivity contribution in [3.63, 3.8) is 0 Å². The lowest BCUT2D eigenvalue weighted by molar-refractivity contribution is 0.0693. The number of hydrogen-bond donors (Lipinski definition) is 3. The molecular formula is C13H11BrClNO3S. The molecule has 106 valence electrons. The first-order chi connectivity index (χ1) is 8.99. The van der Waals surface area contributed by atoms with Crippen LogP contribution in [0.3, 0.4) is 0 Å². The van der Waals surface area contributed by atoms with Crippen LogP contribution < -0.4 is 5.73 Å². The number of halogens is 2. The van der Waals surface area contributed by atoms with E-state index in [0.29, 0.717) is 15.5 Å². The highest BCUT2D eigenvalue weighted by Crippen LogP contribution is 2.39. The van der Waals surface area contributed by atoms with Crippen molar-refractivity contribution in [2.24, 2.45) is 0 Å². The van der Waals surface area contributed by atoms with E-state index in [1.807, 2.05) is 0 Å². The summed E-state index contributed by atoms with van der Waals surface area (Å²) in [6.07, 6.45) is 0. The number of nitrogen functional groups attached to an aromatic ring is 1. The van der Waals surface area contributed by atoms with Crippen LogP contribution in [0, 0.1) is 0 Å². The molecule has 0 spiro atoms. The minimum atomic E-state index is -1.01. The Morgan fingerprint density at radius 2 is 1.85 bits per heavy atom. The summed E-state index contributed by atoms with van der Waals surface area (Å²) >= 11 is 6.90. The highest BCUT2D eigenvalue weighted by molar-refractivity contribution is 8.93. The number of nitrogens with two attached hydrogens (primary N) is 1. The molecule has 0 aliphatic heterocycles. The van der Waals surface area contributed by atoms with Gasteiger partial charge in [-0.25, -0.2) is 4.79 Å². The average Bonchev–Trinajstić information content (AvgIpc) is 2.36. The van der Waals surface area contributed by atoms with Gasteiger partial charge in [-0.05, 0) is 24.3 Å². The van der Waals surface area contributed by atoms with Crippen LogP contribution in [-0.4, -0.2) is 16.2 Å². The van der Waals surface area contributed by atoms with Gasteiger partial charge in [-0.1, -0.05) is 35.5 Å². The molecule has 0 atom stereocenters. The highest BCUT2D eigenvalue weighted by atomic mass is 79.9. The summed E-state index contributed by atoms with van der Waals surface area (Å²) in [5.41, 5.74) is 6.36. The van der Waals surface area contributed by atoms with Crippen LogP contribution in [0.4, 0.5) is 5.69 Å². The fourth-order valence-corrected chi connectivity index (χ4v) is 2.67. The summed E-state index contributed by atoms with van der Waals surface area (Å²) in [5, 5.41) is 18.8. The van der Waals surface area contributed by atoms with Crippen molar-refractivity contribution >= 4 is 52.0 Å². The third kappa shape index (κ3) is 3.59. The number of rotatable bonds is 3. The van der Waals surface area contributed by atoms with Gasteiger partial charge in [0.2, 0.25) is 0 Å². The summed E-state index contributed by atoms with van der Waals surface area (Å²) in [6, 6.07) is 9.43. The van der Waals surface area contributed by atoms with Gasteiger partial charge in [0.15, 0.2) is 0 Å². The topological polar surface area (TPSA) is 83.5 Å². The van der Waals surface area contributed by atoms with Crippen molar-refractivity contribution < 1.29 is 15.0 Å². The quantitative estimate of drug-likeness (QED) is 0.556. The Kier molecular flexibility index (Phi) is 5.74. The molecule has 0 heterocycles. The Balaban J connectivity index is 0.00000200. The molecule has 0 aliphatic rings. The molecule has 2 rings (SSSR count). The maximum atomic E-state index is 11.1. The lowest BCUT2D eigenvalue weighted by Gasteiger charge is -2.09. The van der Waals surface area contributed by atoms with Crippen LogP contribution in [0.15, 0.2) is 46.2 Å². The summed E-state index contributed by atoms with van der Waals surface area (Å²) in [4.78, 5) is 12.2. The molecule has 2 aromatic carbocycles. The fourth-order valence-electron chi connectivity index (χ4n) is 1.50. The number of aromatic hydroxyl groups is 1. The van der Waals surface area contributed by atoms with Gasteiger partial charge >= 0.3 is 5.97 Å². The third-order valence-electron chi connectivity index (χ3n) is 2.42. The summed E-state index contributed by atoms with van der Waals surface area (Å²) in [7, 11) is 0. The van der Waals surface area contributed by atoms with Crippen molar-refractivity contribution in [2.45, 2.75) is 9.79 Å². The number of anilines is 1. The summed E-state index contributed by atoms with van der Waals surface area (Å²) in [6.45, 7) is 0. The predicted molar refractivity (Wildman–Crippen MR) is 85.4 cm³/mol. The van der Waals surface area contributed by atoms with Crippen molar-refractivity contribution in [3.8, 4) is 5.75 Å². The van der Waals surface area contributed by atoms with E-state index in [0.717, 1.165) is 0 Å². The van der Waals surface area contributed by atoms with Crippen molar-refractivity contribution in [1.29, 1.82) is 0 Å². The predicted octanol–water partition coefficient (Wildman–Crippen LogP) is 4.06. The number of hydrogen-bond acceptors (Lipinski definition) is 4. The highest BCUT2D eigenvalue weighted by Gasteiger charge is 2.13. The number of phenolic OH excluding ortho intramolecular Hbond substituents is 1. The number of aromatic carboxylic acids is 1. The molecule has 0 saturated heterocycles. The zero-order valence-corrected chi connectivity index (χ0v) is 13.3. The largest absolute Gasteiger partial charge is 0.506 e. The maximum Gasteiger partial charge on any atom is 0.336 e. The van der Waals surface area contributed by atoms with Crippen molar-refractivity contribution in [2.75, 3.05) is 5.73 Å². The number of carboxylic acids is 1. The minimum absolute atomic E-state index is 0. The van der Waals surface area contributed by atoms with Gasteiger partial charge in [0.25, 0.3) is 0 Å². The van der Waals surface area contributed by atoms with Crippen LogP contribution >= 0.6 is 40.3 Å². The molecule has 0 fully saturated rings. The van der Waals surface area contributed by atoms with E-state index < -0.39 is 5.97 Å². The smallest absolute Gasteiger partial charge is 0.336 e. The fraction of sp³-hybridized carbons (Fsp3) is 0. The van der Waals surface area contributed by atoms with E-state index in [1.165, 1.54) is 30.0 Å². The molecule has 0 aliphatic carbocycles. The van der Waals surface area contributed by atoms with Gasteiger partial charge in [-0.2, -0.15) is 0 Å². The molecule has 0 saturated carbocycles. The molecule has 2 aromatic rings. The second kappa shape index (κ2) is 6.88. The van der Waals surface area contributed by atoms with Crippen LogP contribution in [-0.2, 0) is 0 Å². The molecule has 0 aromatic heterocycles. The Labute approximate surface area is 135 Å². The normalized spacial score (nSPS) is 9.85. The van der Waals surface area contributed by atoms with Crippen LogP contribution in [0.2, 0.25) is 5.02 Å². The molecule has 4 nitrogen and oxygen atoms in total. The first-order valence-corrected chi connectivity index (χ1v) is 6.46. The van der Waals surface area contributed by atoms with Crippen LogP contribution in [0.1, 0.15) is 10.4 Å². The van der Waals surface area contributed by atoms with Gasteiger partial charge < -0.3 is 15.9 Å². The zero-order chi connectivity index (χ0) is 14.0. The van der Waals surface area contributed by atoms with E-state index in [1.54, 1.807) is 18.2 Å². The Bertz CT molecular complexity index is 652. The lowest BCUT2D eigenvalue weighted by atomic mass is 10.2. The first-order valence-electron chi connectivity index (χ1n) is 5.27. The van der Waals surface area contributed by atoms with Gasteiger partial charge in [0, 0.05) is 15.5 Å². The summed E-state index contributed by atoms with van der Waals surface area (Å²) in [5.74, 6) is -1.11.